The molecule has 0 bridgehead atoms. The molecule has 0 aliphatic heterocycles. The van der Waals surface area contributed by atoms with Crippen molar-refractivity contribution in [2.75, 3.05) is 19.5 Å². The van der Waals surface area contributed by atoms with E-state index in [2.05, 4.69) is 5.32 Å². The first-order valence-corrected chi connectivity index (χ1v) is 10.6. The van der Waals surface area contributed by atoms with Crippen molar-refractivity contribution in [3.8, 4) is 11.5 Å². The van der Waals surface area contributed by atoms with Gasteiger partial charge in [0.1, 0.15) is 16.5 Å². The summed E-state index contributed by atoms with van der Waals surface area (Å²) in [5.41, 5.74) is 1.92. The quantitative estimate of drug-likeness (QED) is 0.537. The van der Waals surface area contributed by atoms with E-state index in [4.69, 9.17) is 14.2 Å². The molecule has 0 atom stereocenters. The average Bonchev–Trinajstić information content (AvgIpc) is 2.87. The zero-order chi connectivity index (χ0) is 21.0. The van der Waals surface area contributed by atoms with Crippen molar-refractivity contribution in [2.24, 2.45) is 0 Å². The Labute approximate surface area is 175 Å². The van der Waals surface area contributed by atoms with Gasteiger partial charge in [-0.2, -0.15) is 0 Å². The van der Waals surface area contributed by atoms with Crippen molar-refractivity contribution in [2.45, 2.75) is 52.1 Å². The van der Waals surface area contributed by atoms with Gasteiger partial charge in [0, 0.05) is 16.5 Å². The topological polar surface area (TPSA) is 73.9 Å². The zero-order valence-corrected chi connectivity index (χ0v) is 18.1. The Kier molecular flexibility index (Phi) is 6.79. The van der Waals surface area contributed by atoms with Crippen molar-refractivity contribution in [3.63, 3.8) is 0 Å². The molecule has 1 aromatic heterocycles. The van der Waals surface area contributed by atoms with Gasteiger partial charge >= 0.3 is 5.97 Å². The number of aryl methyl sites for hydroxylation is 1. The van der Waals surface area contributed by atoms with Gasteiger partial charge in [-0.1, -0.05) is 6.42 Å². The number of carbonyl (C=O) groups excluding carboxylic acids is 2. The van der Waals surface area contributed by atoms with Gasteiger partial charge < -0.3 is 19.5 Å². The summed E-state index contributed by atoms with van der Waals surface area (Å²) in [4.78, 5) is 27.0. The van der Waals surface area contributed by atoms with E-state index in [-0.39, 0.29) is 18.0 Å². The van der Waals surface area contributed by atoms with Gasteiger partial charge in [0.15, 0.2) is 0 Å². The number of rotatable bonds is 6. The molecule has 0 radical (unpaired) electrons. The Bertz CT molecular complexity index is 881. The molecule has 1 N–H and O–H groups in total. The maximum absolute atomic E-state index is 13.0. The highest BCUT2D eigenvalue weighted by atomic mass is 32.1. The van der Waals surface area contributed by atoms with Gasteiger partial charge in [0.2, 0.25) is 0 Å². The van der Waals surface area contributed by atoms with Crippen LogP contribution in [0.3, 0.4) is 0 Å². The summed E-state index contributed by atoms with van der Waals surface area (Å²) in [6.07, 6.45) is 4.79. The fourth-order valence-electron chi connectivity index (χ4n) is 3.43. The summed E-state index contributed by atoms with van der Waals surface area (Å²) in [5.74, 6) is 0.349. The first kappa shape index (κ1) is 21.2. The molecule has 3 rings (SSSR count). The van der Waals surface area contributed by atoms with Crippen molar-refractivity contribution in [3.05, 3.63) is 39.8 Å². The van der Waals surface area contributed by atoms with Gasteiger partial charge in [0.25, 0.3) is 5.91 Å². The lowest BCUT2D eigenvalue weighted by atomic mass is 10.1. The van der Waals surface area contributed by atoms with E-state index < -0.39 is 0 Å². The number of thiophene rings is 1. The lowest BCUT2D eigenvalue weighted by Crippen LogP contribution is -2.17. The zero-order valence-electron chi connectivity index (χ0n) is 17.3. The molecule has 1 aliphatic rings. The average molecular weight is 418 g/mol. The summed E-state index contributed by atoms with van der Waals surface area (Å²) in [7, 11) is 3.07. The molecular weight excluding hydrogens is 390 g/mol. The second kappa shape index (κ2) is 9.31. The molecule has 1 amide bonds. The monoisotopic (exact) mass is 417 g/mol. The molecule has 29 heavy (non-hydrogen) atoms. The molecular formula is C22H27NO5S. The second-order valence-electron chi connectivity index (χ2n) is 7.28. The third-order valence-corrected chi connectivity index (χ3v) is 6.02. The van der Waals surface area contributed by atoms with Gasteiger partial charge in [-0.15, -0.1) is 11.3 Å². The van der Waals surface area contributed by atoms with Crippen LogP contribution < -0.4 is 14.8 Å². The number of fused-ring (bicyclic) bond motifs is 1. The van der Waals surface area contributed by atoms with Crippen LogP contribution in [0.25, 0.3) is 0 Å². The number of ether oxygens (including phenoxy) is 3. The summed E-state index contributed by atoms with van der Waals surface area (Å²) < 4.78 is 16.0. The molecule has 6 nitrogen and oxygen atoms in total. The Morgan fingerprint density at radius 2 is 1.66 bits per heavy atom. The number of methoxy groups -OCH3 is 2. The second-order valence-corrected chi connectivity index (χ2v) is 8.38. The van der Waals surface area contributed by atoms with Gasteiger partial charge in [-0.3, -0.25) is 4.79 Å². The predicted molar refractivity (Wildman–Crippen MR) is 114 cm³/mol. The predicted octanol–water partition coefficient (Wildman–Crippen LogP) is 4.85. The van der Waals surface area contributed by atoms with E-state index >= 15 is 0 Å². The van der Waals surface area contributed by atoms with Crippen LogP contribution in [0.1, 0.15) is 64.3 Å². The van der Waals surface area contributed by atoms with E-state index in [1.807, 2.05) is 13.8 Å². The molecule has 156 valence electrons. The molecule has 0 saturated carbocycles. The first-order valence-electron chi connectivity index (χ1n) is 9.82. The van der Waals surface area contributed by atoms with Crippen LogP contribution in [0.15, 0.2) is 18.2 Å². The van der Waals surface area contributed by atoms with E-state index in [1.54, 1.807) is 18.2 Å². The van der Waals surface area contributed by atoms with Crippen molar-refractivity contribution in [1.29, 1.82) is 0 Å². The smallest absolute Gasteiger partial charge is 0.341 e. The first-order chi connectivity index (χ1) is 13.9. The van der Waals surface area contributed by atoms with Crippen LogP contribution >= 0.6 is 11.3 Å². The van der Waals surface area contributed by atoms with Gasteiger partial charge in [-0.05, 0) is 57.2 Å². The lowest BCUT2D eigenvalue weighted by Gasteiger charge is -2.12. The number of hydrogen-bond acceptors (Lipinski definition) is 6. The number of amides is 1. The van der Waals surface area contributed by atoms with Crippen LogP contribution in [0.2, 0.25) is 0 Å². The molecule has 1 aromatic carbocycles. The Morgan fingerprint density at radius 3 is 2.28 bits per heavy atom. The van der Waals surface area contributed by atoms with Crippen LogP contribution in [0, 0.1) is 0 Å². The van der Waals surface area contributed by atoms with Crippen LogP contribution in [-0.2, 0) is 17.6 Å². The highest BCUT2D eigenvalue weighted by molar-refractivity contribution is 7.17. The van der Waals surface area contributed by atoms with Crippen LogP contribution in [0.4, 0.5) is 5.00 Å². The maximum atomic E-state index is 13.0. The molecule has 0 saturated heterocycles. The molecule has 1 aliphatic carbocycles. The standard InChI is InChI=1S/C22H27NO5S/c1-13(2)28-22(25)19-17-8-6-5-7-9-18(17)29-21(19)23-20(24)14-10-15(26-3)12-16(11-14)27-4/h10-13H,5-9H2,1-4H3,(H,23,24). The molecule has 0 fully saturated rings. The SMILES string of the molecule is COc1cc(OC)cc(C(=O)Nc2sc3c(c2C(=O)OC(C)C)CCCCC3)c1. The fraction of sp³-hybridized carbons (Fsp3) is 0.455. The summed E-state index contributed by atoms with van der Waals surface area (Å²) in [5, 5.41) is 3.48. The summed E-state index contributed by atoms with van der Waals surface area (Å²) >= 11 is 1.48. The van der Waals surface area contributed by atoms with E-state index in [9.17, 15) is 9.59 Å². The van der Waals surface area contributed by atoms with Crippen molar-refractivity contribution >= 4 is 28.2 Å². The minimum atomic E-state index is -0.377. The minimum absolute atomic E-state index is 0.227. The molecule has 2 aromatic rings. The van der Waals surface area contributed by atoms with Crippen molar-refractivity contribution < 1.29 is 23.8 Å². The van der Waals surface area contributed by atoms with Crippen LogP contribution in [0.5, 0.6) is 11.5 Å². The number of nitrogens with one attached hydrogen (secondary N) is 1. The third-order valence-electron chi connectivity index (χ3n) is 4.81. The highest BCUT2D eigenvalue weighted by Gasteiger charge is 2.27. The number of carbonyl (C=O) groups is 2. The molecule has 0 spiro atoms. The van der Waals surface area contributed by atoms with Gasteiger partial charge in [0.05, 0.1) is 25.9 Å². The Balaban J connectivity index is 1.96. The van der Waals surface area contributed by atoms with E-state index in [1.165, 1.54) is 25.6 Å². The lowest BCUT2D eigenvalue weighted by molar-refractivity contribution is 0.0378. The van der Waals surface area contributed by atoms with Gasteiger partial charge in [-0.25, -0.2) is 4.79 Å². The molecule has 7 heteroatoms. The van der Waals surface area contributed by atoms with E-state index in [0.717, 1.165) is 42.5 Å². The molecule has 1 heterocycles. The normalized spacial score (nSPS) is 13.4. The Hall–Kier alpha value is -2.54. The molecule has 0 unspecified atom stereocenters. The summed E-state index contributed by atoms with van der Waals surface area (Å²) in [6, 6.07) is 4.99. The maximum Gasteiger partial charge on any atom is 0.341 e. The van der Waals surface area contributed by atoms with Crippen molar-refractivity contribution in [1.82, 2.24) is 0 Å². The van der Waals surface area contributed by atoms with Crippen LogP contribution in [-0.4, -0.2) is 32.2 Å². The number of benzene rings is 1. The largest absolute Gasteiger partial charge is 0.497 e. The number of hydrogen-bond donors (Lipinski definition) is 1. The highest BCUT2D eigenvalue weighted by Crippen LogP contribution is 2.38. The fourth-order valence-corrected chi connectivity index (χ4v) is 4.71. The minimum Gasteiger partial charge on any atom is -0.497 e. The van der Waals surface area contributed by atoms with E-state index in [0.29, 0.717) is 27.6 Å². The number of anilines is 1. The Morgan fingerprint density at radius 1 is 1.00 bits per heavy atom. The summed E-state index contributed by atoms with van der Waals surface area (Å²) in [6.45, 7) is 3.65. The number of esters is 1. The third kappa shape index (κ3) is 4.90.